The second-order valence-electron chi connectivity index (χ2n) is 4.36. The Morgan fingerprint density at radius 2 is 2.08 bits per heavy atom. The molecule has 2 fully saturated rings. The number of hydrogen-bond acceptors (Lipinski definition) is 2. The maximum atomic E-state index is 9.59. The molecule has 0 aromatic rings. The van der Waals surface area contributed by atoms with Crippen LogP contribution in [0.4, 0.5) is 0 Å². The summed E-state index contributed by atoms with van der Waals surface area (Å²) in [4.78, 5) is 2.59. The summed E-state index contributed by atoms with van der Waals surface area (Å²) in [6.45, 7) is 3.51. The minimum atomic E-state index is -0.0284. The highest BCUT2D eigenvalue weighted by Gasteiger charge is 2.33. The number of piperidine rings is 2. The van der Waals surface area contributed by atoms with Crippen LogP contribution in [0.1, 0.15) is 39.0 Å². The molecule has 2 aliphatic rings. The standard InChI is InChI=1S/C10H19NO/c1-8-6-10(12)7-9-4-2-3-5-11(8)9/h8-10,12H,2-7H2,1H3/t8-,9+,10-/m0/s1. The molecule has 0 aliphatic carbocycles. The summed E-state index contributed by atoms with van der Waals surface area (Å²) < 4.78 is 0. The van der Waals surface area contributed by atoms with Crippen LogP contribution < -0.4 is 0 Å². The molecule has 3 atom stereocenters. The third-order valence-electron chi connectivity index (χ3n) is 3.40. The first kappa shape index (κ1) is 8.52. The zero-order valence-corrected chi connectivity index (χ0v) is 7.87. The molecule has 2 rings (SSSR count). The maximum Gasteiger partial charge on any atom is 0.0570 e. The van der Waals surface area contributed by atoms with Crippen molar-refractivity contribution in [3.8, 4) is 0 Å². The van der Waals surface area contributed by atoms with Gasteiger partial charge in [-0.05, 0) is 39.2 Å². The Morgan fingerprint density at radius 3 is 2.92 bits per heavy atom. The third-order valence-corrected chi connectivity index (χ3v) is 3.40. The Morgan fingerprint density at radius 1 is 1.25 bits per heavy atom. The molecule has 2 heteroatoms. The van der Waals surface area contributed by atoms with E-state index in [0.717, 1.165) is 12.8 Å². The molecule has 0 unspecified atom stereocenters. The van der Waals surface area contributed by atoms with Gasteiger partial charge in [-0.25, -0.2) is 0 Å². The zero-order chi connectivity index (χ0) is 8.55. The first-order valence-electron chi connectivity index (χ1n) is 5.21. The molecule has 0 bridgehead atoms. The van der Waals surface area contributed by atoms with E-state index >= 15 is 0 Å². The molecular formula is C10H19NO. The van der Waals surface area contributed by atoms with Gasteiger partial charge in [-0.1, -0.05) is 6.42 Å². The van der Waals surface area contributed by atoms with Crippen molar-refractivity contribution in [2.24, 2.45) is 0 Å². The predicted molar refractivity (Wildman–Crippen MR) is 49.0 cm³/mol. The van der Waals surface area contributed by atoms with Crippen LogP contribution in [0.25, 0.3) is 0 Å². The lowest BCUT2D eigenvalue weighted by Crippen LogP contribution is -2.51. The first-order valence-corrected chi connectivity index (χ1v) is 5.21. The van der Waals surface area contributed by atoms with E-state index in [9.17, 15) is 5.11 Å². The molecule has 0 radical (unpaired) electrons. The monoisotopic (exact) mass is 169 g/mol. The van der Waals surface area contributed by atoms with Gasteiger partial charge < -0.3 is 5.11 Å². The van der Waals surface area contributed by atoms with Gasteiger partial charge >= 0.3 is 0 Å². The molecule has 1 N–H and O–H groups in total. The van der Waals surface area contributed by atoms with Crippen molar-refractivity contribution in [3.05, 3.63) is 0 Å². The van der Waals surface area contributed by atoms with Gasteiger partial charge in [0, 0.05) is 12.1 Å². The summed E-state index contributed by atoms with van der Waals surface area (Å²) in [7, 11) is 0. The Hall–Kier alpha value is -0.0800. The quantitative estimate of drug-likeness (QED) is 0.592. The fourth-order valence-electron chi connectivity index (χ4n) is 2.80. The van der Waals surface area contributed by atoms with E-state index < -0.39 is 0 Å². The molecule has 0 aromatic heterocycles. The van der Waals surface area contributed by atoms with Gasteiger partial charge in [-0.2, -0.15) is 0 Å². The highest BCUT2D eigenvalue weighted by molar-refractivity contribution is 4.88. The molecule has 70 valence electrons. The molecule has 2 saturated heterocycles. The van der Waals surface area contributed by atoms with E-state index in [1.54, 1.807) is 0 Å². The van der Waals surface area contributed by atoms with Gasteiger partial charge in [-0.15, -0.1) is 0 Å². The van der Waals surface area contributed by atoms with E-state index in [4.69, 9.17) is 0 Å². The average Bonchev–Trinajstić information content (AvgIpc) is 2.04. The molecule has 0 saturated carbocycles. The smallest absolute Gasteiger partial charge is 0.0570 e. The maximum absolute atomic E-state index is 9.59. The van der Waals surface area contributed by atoms with E-state index in [2.05, 4.69) is 11.8 Å². The Balaban J connectivity index is 2.01. The van der Waals surface area contributed by atoms with Crippen molar-refractivity contribution in [2.45, 2.75) is 57.2 Å². The van der Waals surface area contributed by atoms with Crippen molar-refractivity contribution in [1.82, 2.24) is 4.90 Å². The summed E-state index contributed by atoms with van der Waals surface area (Å²) in [5.41, 5.74) is 0. The Labute approximate surface area is 74.6 Å². The fraction of sp³-hybridized carbons (Fsp3) is 1.00. The van der Waals surface area contributed by atoms with Crippen molar-refractivity contribution in [3.63, 3.8) is 0 Å². The molecule has 12 heavy (non-hydrogen) atoms. The summed E-state index contributed by atoms with van der Waals surface area (Å²) >= 11 is 0. The van der Waals surface area contributed by atoms with Gasteiger partial charge in [0.05, 0.1) is 6.10 Å². The molecular weight excluding hydrogens is 150 g/mol. The van der Waals surface area contributed by atoms with Gasteiger partial charge in [0.15, 0.2) is 0 Å². The molecule has 2 nitrogen and oxygen atoms in total. The van der Waals surface area contributed by atoms with Crippen molar-refractivity contribution in [2.75, 3.05) is 6.54 Å². The summed E-state index contributed by atoms with van der Waals surface area (Å²) in [6.07, 6.45) is 6.00. The van der Waals surface area contributed by atoms with E-state index in [1.807, 2.05) is 0 Å². The van der Waals surface area contributed by atoms with Crippen molar-refractivity contribution in [1.29, 1.82) is 0 Å². The van der Waals surface area contributed by atoms with E-state index in [0.29, 0.717) is 12.1 Å². The summed E-state index contributed by atoms with van der Waals surface area (Å²) in [5.74, 6) is 0. The average molecular weight is 169 g/mol. The summed E-state index contributed by atoms with van der Waals surface area (Å²) in [5, 5.41) is 9.59. The minimum absolute atomic E-state index is 0.0284. The van der Waals surface area contributed by atoms with Crippen LogP contribution >= 0.6 is 0 Å². The van der Waals surface area contributed by atoms with Crippen LogP contribution in [-0.4, -0.2) is 34.7 Å². The highest BCUT2D eigenvalue weighted by atomic mass is 16.3. The molecule has 0 amide bonds. The second-order valence-corrected chi connectivity index (χ2v) is 4.36. The number of aliphatic hydroxyl groups is 1. The number of hydrogen-bond donors (Lipinski definition) is 1. The van der Waals surface area contributed by atoms with Crippen molar-refractivity contribution < 1.29 is 5.11 Å². The van der Waals surface area contributed by atoms with Crippen LogP contribution in [0, 0.1) is 0 Å². The van der Waals surface area contributed by atoms with E-state index in [-0.39, 0.29) is 6.10 Å². The highest BCUT2D eigenvalue weighted by Crippen LogP contribution is 2.29. The Bertz CT molecular complexity index is 160. The van der Waals surface area contributed by atoms with Crippen LogP contribution in [-0.2, 0) is 0 Å². The lowest BCUT2D eigenvalue weighted by molar-refractivity contribution is -0.0103. The topological polar surface area (TPSA) is 23.5 Å². The SMILES string of the molecule is C[C@H]1C[C@H](O)C[C@H]2CCCCN21. The number of rotatable bonds is 0. The molecule has 2 aliphatic heterocycles. The first-order chi connectivity index (χ1) is 5.77. The lowest BCUT2D eigenvalue weighted by Gasteiger charge is -2.45. The predicted octanol–water partition coefficient (Wildman–Crippen LogP) is 1.38. The second kappa shape index (κ2) is 3.35. The number of nitrogens with zero attached hydrogens (tertiary/aromatic N) is 1. The zero-order valence-electron chi connectivity index (χ0n) is 7.87. The summed E-state index contributed by atoms with van der Waals surface area (Å²) in [6, 6.07) is 1.30. The molecule has 0 aromatic carbocycles. The van der Waals surface area contributed by atoms with Crippen LogP contribution in [0.3, 0.4) is 0 Å². The van der Waals surface area contributed by atoms with Crippen LogP contribution in [0.5, 0.6) is 0 Å². The normalized spacial score (nSPS) is 44.0. The Kier molecular flexibility index (Phi) is 2.37. The molecule has 0 spiro atoms. The van der Waals surface area contributed by atoms with Crippen LogP contribution in [0.2, 0.25) is 0 Å². The molecule has 2 heterocycles. The fourth-order valence-corrected chi connectivity index (χ4v) is 2.80. The van der Waals surface area contributed by atoms with Gasteiger partial charge in [0.2, 0.25) is 0 Å². The van der Waals surface area contributed by atoms with Crippen molar-refractivity contribution >= 4 is 0 Å². The third kappa shape index (κ3) is 1.50. The van der Waals surface area contributed by atoms with Gasteiger partial charge in [0.25, 0.3) is 0 Å². The van der Waals surface area contributed by atoms with Gasteiger partial charge in [0.1, 0.15) is 0 Å². The number of aliphatic hydroxyl groups excluding tert-OH is 1. The minimum Gasteiger partial charge on any atom is -0.393 e. The largest absolute Gasteiger partial charge is 0.393 e. The lowest BCUT2D eigenvalue weighted by atomic mass is 9.88. The number of fused-ring (bicyclic) bond motifs is 1. The van der Waals surface area contributed by atoms with Crippen LogP contribution in [0.15, 0.2) is 0 Å². The van der Waals surface area contributed by atoms with Gasteiger partial charge in [-0.3, -0.25) is 4.90 Å². The van der Waals surface area contributed by atoms with E-state index in [1.165, 1.54) is 25.8 Å².